The molecule has 0 aliphatic carbocycles. The van der Waals surface area contributed by atoms with Gasteiger partial charge in [0.15, 0.2) is 11.5 Å². The zero-order chi connectivity index (χ0) is 29.1. The van der Waals surface area contributed by atoms with Crippen LogP contribution >= 0.6 is 0 Å². The van der Waals surface area contributed by atoms with Gasteiger partial charge in [-0.15, -0.1) is 0 Å². The molecule has 1 amide bonds. The van der Waals surface area contributed by atoms with E-state index >= 15 is 0 Å². The van der Waals surface area contributed by atoms with Crippen LogP contribution in [0.3, 0.4) is 0 Å². The van der Waals surface area contributed by atoms with E-state index in [1.807, 2.05) is 49.4 Å². The van der Waals surface area contributed by atoms with Crippen molar-refractivity contribution in [3.8, 4) is 45.1 Å². The number of nitrogens with one attached hydrogen (secondary N) is 1. The average molecular weight is 556 g/mol. The van der Waals surface area contributed by atoms with E-state index in [2.05, 4.69) is 42.2 Å². The maximum absolute atomic E-state index is 13.0. The van der Waals surface area contributed by atoms with Gasteiger partial charge in [0.2, 0.25) is 0 Å². The third-order valence-corrected chi connectivity index (χ3v) is 7.40. The van der Waals surface area contributed by atoms with E-state index in [1.165, 1.54) is 6.07 Å². The molecule has 0 radical (unpaired) electrons. The highest BCUT2D eigenvalue weighted by Gasteiger charge is 2.27. The normalized spacial score (nSPS) is 14.2. The Labute approximate surface area is 240 Å². The van der Waals surface area contributed by atoms with Crippen LogP contribution in [0.15, 0.2) is 65.2 Å². The summed E-state index contributed by atoms with van der Waals surface area (Å²) in [5, 5.41) is 28.8. The standard InChI is InChI=1S/C33H37N3O5/c1-5-34-32(39)30-29(22-11-9-21(10-12-22)20-36-13-15-40-16-14-36)31(41-35-30)26-18-25(27(37)19-28(26)38)23-7-6-8-24(17-23)33(2,3)4/h6-12,17-19,37-38H,5,13-16,20H2,1-4H3,(H,34,39). The van der Waals surface area contributed by atoms with E-state index < -0.39 is 0 Å². The van der Waals surface area contributed by atoms with Crippen LogP contribution in [-0.4, -0.2) is 59.0 Å². The number of amides is 1. The highest BCUT2D eigenvalue weighted by Crippen LogP contribution is 2.44. The summed E-state index contributed by atoms with van der Waals surface area (Å²) in [5.74, 6) is -0.360. The number of benzene rings is 3. The predicted molar refractivity (Wildman–Crippen MR) is 159 cm³/mol. The van der Waals surface area contributed by atoms with Crippen LogP contribution in [0.1, 0.15) is 49.3 Å². The molecule has 1 aliphatic heterocycles. The van der Waals surface area contributed by atoms with Crippen molar-refractivity contribution in [3.05, 3.63) is 77.5 Å². The monoisotopic (exact) mass is 555 g/mol. The number of morpholine rings is 1. The van der Waals surface area contributed by atoms with Crippen LogP contribution in [0.25, 0.3) is 33.6 Å². The Hall–Kier alpha value is -4.14. The van der Waals surface area contributed by atoms with Crippen molar-refractivity contribution >= 4 is 5.91 Å². The molecular weight excluding hydrogens is 518 g/mol. The maximum Gasteiger partial charge on any atom is 0.274 e. The molecule has 8 nitrogen and oxygen atoms in total. The predicted octanol–water partition coefficient (Wildman–Crippen LogP) is 5.97. The summed E-state index contributed by atoms with van der Waals surface area (Å²) in [7, 11) is 0. The molecule has 41 heavy (non-hydrogen) atoms. The van der Waals surface area contributed by atoms with Crippen molar-refractivity contribution in [1.82, 2.24) is 15.4 Å². The number of hydrogen-bond acceptors (Lipinski definition) is 7. The zero-order valence-electron chi connectivity index (χ0n) is 24.0. The summed E-state index contributed by atoms with van der Waals surface area (Å²) in [5.41, 5.74) is 5.17. The molecule has 1 fully saturated rings. The van der Waals surface area contributed by atoms with Crippen LogP contribution in [0.5, 0.6) is 11.5 Å². The third kappa shape index (κ3) is 6.14. The van der Waals surface area contributed by atoms with Gasteiger partial charge in [-0.05, 0) is 40.7 Å². The fourth-order valence-corrected chi connectivity index (χ4v) is 5.08. The van der Waals surface area contributed by atoms with E-state index in [0.717, 1.165) is 55.1 Å². The molecule has 0 unspecified atom stereocenters. The summed E-state index contributed by atoms with van der Waals surface area (Å²) in [6, 6.07) is 18.9. The number of hydrogen-bond donors (Lipinski definition) is 3. The Morgan fingerprint density at radius 1 is 0.951 bits per heavy atom. The Morgan fingerprint density at radius 3 is 2.34 bits per heavy atom. The van der Waals surface area contributed by atoms with Crippen LogP contribution < -0.4 is 5.32 Å². The summed E-state index contributed by atoms with van der Waals surface area (Å²) in [6.07, 6.45) is 0. The number of ether oxygens (including phenoxy) is 1. The minimum Gasteiger partial charge on any atom is -0.507 e. The number of phenols is 2. The van der Waals surface area contributed by atoms with Crippen LogP contribution in [0.4, 0.5) is 0 Å². The molecule has 4 aromatic rings. The Balaban J connectivity index is 1.59. The summed E-state index contributed by atoms with van der Waals surface area (Å²) in [6.45, 7) is 12.7. The van der Waals surface area contributed by atoms with E-state index in [0.29, 0.717) is 23.2 Å². The quantitative estimate of drug-likeness (QED) is 0.258. The van der Waals surface area contributed by atoms with Crippen LogP contribution in [0.2, 0.25) is 0 Å². The minimum atomic E-state index is -0.369. The molecule has 1 aliphatic rings. The molecular formula is C33H37N3O5. The van der Waals surface area contributed by atoms with Crippen LogP contribution in [-0.2, 0) is 16.7 Å². The lowest BCUT2D eigenvalue weighted by molar-refractivity contribution is 0.0342. The highest BCUT2D eigenvalue weighted by molar-refractivity contribution is 6.03. The van der Waals surface area contributed by atoms with Gasteiger partial charge in [0, 0.05) is 37.8 Å². The first-order chi connectivity index (χ1) is 19.7. The lowest BCUT2D eigenvalue weighted by Gasteiger charge is -2.26. The second kappa shape index (κ2) is 11.8. The summed E-state index contributed by atoms with van der Waals surface area (Å²) in [4.78, 5) is 15.4. The Bertz CT molecular complexity index is 1530. The second-order valence-corrected chi connectivity index (χ2v) is 11.4. The molecule has 3 N–H and O–H groups in total. The second-order valence-electron chi connectivity index (χ2n) is 11.4. The highest BCUT2D eigenvalue weighted by atomic mass is 16.5. The van der Waals surface area contributed by atoms with Gasteiger partial charge in [-0.3, -0.25) is 9.69 Å². The van der Waals surface area contributed by atoms with Gasteiger partial charge in [0.1, 0.15) is 11.5 Å². The molecule has 2 heterocycles. The van der Waals surface area contributed by atoms with Gasteiger partial charge in [0.25, 0.3) is 5.91 Å². The molecule has 0 saturated carbocycles. The first kappa shape index (κ1) is 28.4. The molecule has 1 aromatic heterocycles. The maximum atomic E-state index is 13.0. The number of aromatic nitrogens is 1. The van der Waals surface area contributed by atoms with Gasteiger partial charge in [0.05, 0.1) is 24.3 Å². The summed E-state index contributed by atoms with van der Waals surface area (Å²) < 4.78 is 11.2. The number of nitrogens with zero attached hydrogens (tertiary/aromatic N) is 2. The van der Waals surface area contributed by atoms with Crippen molar-refractivity contribution in [3.63, 3.8) is 0 Å². The SMILES string of the molecule is CCNC(=O)c1noc(-c2cc(-c3cccc(C(C)(C)C)c3)c(O)cc2O)c1-c1ccc(CN2CCOCC2)cc1. The van der Waals surface area contributed by atoms with E-state index in [9.17, 15) is 15.0 Å². The molecule has 214 valence electrons. The van der Waals surface area contributed by atoms with Gasteiger partial charge >= 0.3 is 0 Å². The van der Waals surface area contributed by atoms with Crippen molar-refractivity contribution in [2.24, 2.45) is 0 Å². The van der Waals surface area contributed by atoms with Crippen molar-refractivity contribution in [2.45, 2.75) is 39.7 Å². The molecule has 3 aromatic carbocycles. The van der Waals surface area contributed by atoms with E-state index in [-0.39, 0.29) is 34.3 Å². The van der Waals surface area contributed by atoms with Gasteiger partial charge in [-0.25, -0.2) is 0 Å². The number of rotatable bonds is 7. The lowest BCUT2D eigenvalue weighted by Crippen LogP contribution is -2.35. The molecule has 5 rings (SSSR count). The van der Waals surface area contributed by atoms with Gasteiger partial charge < -0.3 is 24.8 Å². The third-order valence-electron chi connectivity index (χ3n) is 7.40. The topological polar surface area (TPSA) is 108 Å². The smallest absolute Gasteiger partial charge is 0.274 e. The number of aromatic hydroxyl groups is 2. The lowest BCUT2D eigenvalue weighted by atomic mass is 9.85. The molecule has 0 bridgehead atoms. The van der Waals surface area contributed by atoms with Gasteiger partial charge in [-0.1, -0.05) is 74.5 Å². The molecule has 0 atom stereocenters. The van der Waals surface area contributed by atoms with Crippen LogP contribution in [0, 0.1) is 0 Å². The first-order valence-electron chi connectivity index (χ1n) is 14.0. The molecule has 0 spiro atoms. The fraction of sp³-hybridized carbons (Fsp3) is 0.333. The molecule has 1 saturated heterocycles. The van der Waals surface area contributed by atoms with E-state index in [1.54, 1.807) is 6.07 Å². The molecule has 8 heteroatoms. The minimum absolute atomic E-state index is 0.0604. The zero-order valence-corrected chi connectivity index (χ0v) is 24.0. The fourth-order valence-electron chi connectivity index (χ4n) is 5.08. The number of carbonyl (C=O) groups excluding carboxylic acids is 1. The van der Waals surface area contributed by atoms with Crippen molar-refractivity contribution < 1.29 is 24.3 Å². The Kier molecular flexibility index (Phi) is 8.15. The number of phenolic OH excluding ortho intramolecular Hbond substituents is 2. The Morgan fingerprint density at radius 2 is 1.66 bits per heavy atom. The van der Waals surface area contributed by atoms with E-state index in [4.69, 9.17) is 9.26 Å². The largest absolute Gasteiger partial charge is 0.507 e. The number of carbonyl (C=O) groups is 1. The average Bonchev–Trinajstić information content (AvgIpc) is 3.39. The van der Waals surface area contributed by atoms with Crippen molar-refractivity contribution in [1.29, 1.82) is 0 Å². The van der Waals surface area contributed by atoms with Gasteiger partial charge in [-0.2, -0.15) is 0 Å². The summed E-state index contributed by atoms with van der Waals surface area (Å²) >= 11 is 0. The van der Waals surface area contributed by atoms with Crippen molar-refractivity contribution in [2.75, 3.05) is 32.8 Å². The first-order valence-corrected chi connectivity index (χ1v) is 14.0.